The van der Waals surface area contributed by atoms with E-state index in [1.807, 2.05) is 0 Å². The molecule has 1 fully saturated rings. The summed E-state index contributed by atoms with van der Waals surface area (Å²) in [6.07, 6.45) is -2.12. The van der Waals surface area contributed by atoms with E-state index in [2.05, 4.69) is 14.5 Å². The molecule has 0 bridgehead atoms. The molecule has 0 aromatic carbocycles. The van der Waals surface area contributed by atoms with Crippen molar-refractivity contribution in [2.75, 3.05) is 12.3 Å². The lowest BCUT2D eigenvalue weighted by Gasteiger charge is -2.16. The van der Waals surface area contributed by atoms with Crippen molar-refractivity contribution in [3.05, 3.63) is 18.6 Å². The highest BCUT2D eigenvalue weighted by Crippen LogP contribution is 2.38. The van der Waals surface area contributed by atoms with Crippen LogP contribution in [0.25, 0.3) is 11.2 Å². The molecule has 0 aliphatic carbocycles. The number of nitrogens with two attached hydrogens (primary N) is 1. The lowest BCUT2D eigenvalue weighted by atomic mass is 10.1. The fourth-order valence-corrected chi connectivity index (χ4v) is 2.75. The van der Waals surface area contributed by atoms with E-state index in [-0.39, 0.29) is 0 Å². The first-order valence-electron chi connectivity index (χ1n) is 6.56. The standard InChI is InChI=1S/C11H15N4O7P/c12-5-1-2-13-10-7(5)14-4-15(10)11-9(17)8(16)6(22-11)3-21-23(18,19)20/h1-2,4,6,8-9,11,16-17H,3H2,(H2,12,13)(H2,18,19,20)/t6-,8?,9+,11-/m1/s1. The number of imidazole rings is 1. The quantitative estimate of drug-likeness (QED) is 0.420. The maximum Gasteiger partial charge on any atom is 0.469 e. The molecule has 6 N–H and O–H groups in total. The Labute approximate surface area is 129 Å². The second-order valence-electron chi connectivity index (χ2n) is 5.06. The van der Waals surface area contributed by atoms with Crippen molar-refractivity contribution in [2.45, 2.75) is 24.5 Å². The van der Waals surface area contributed by atoms with Crippen LogP contribution in [0, 0.1) is 0 Å². The molecule has 4 atom stereocenters. The Hall–Kier alpha value is -1.59. The van der Waals surface area contributed by atoms with Crippen LogP contribution in [0.3, 0.4) is 0 Å². The number of fused-ring (bicyclic) bond motifs is 1. The van der Waals surface area contributed by atoms with Crippen LogP contribution in [0.2, 0.25) is 0 Å². The summed E-state index contributed by atoms with van der Waals surface area (Å²) in [6.45, 7) is -0.582. The lowest BCUT2D eigenvalue weighted by Crippen LogP contribution is -2.33. The number of ether oxygens (including phenoxy) is 1. The second-order valence-corrected chi connectivity index (χ2v) is 6.30. The van der Waals surface area contributed by atoms with Crippen molar-refractivity contribution in [1.82, 2.24) is 14.5 Å². The molecule has 23 heavy (non-hydrogen) atoms. The first-order valence-corrected chi connectivity index (χ1v) is 8.09. The van der Waals surface area contributed by atoms with Gasteiger partial charge < -0.3 is 30.5 Å². The van der Waals surface area contributed by atoms with Crippen LogP contribution in [0.1, 0.15) is 6.23 Å². The van der Waals surface area contributed by atoms with E-state index >= 15 is 0 Å². The molecule has 1 aliphatic heterocycles. The van der Waals surface area contributed by atoms with Crippen LogP contribution in [-0.4, -0.2) is 59.5 Å². The lowest BCUT2D eigenvalue weighted by molar-refractivity contribution is -0.0503. The first kappa shape index (κ1) is 16.3. The van der Waals surface area contributed by atoms with E-state index < -0.39 is 39.0 Å². The Morgan fingerprint density at radius 1 is 1.35 bits per heavy atom. The zero-order chi connectivity index (χ0) is 16.8. The highest BCUT2D eigenvalue weighted by Gasteiger charge is 2.45. The number of aliphatic hydroxyl groups excluding tert-OH is 2. The molecule has 0 amide bonds. The molecular formula is C11H15N4O7P. The predicted molar refractivity (Wildman–Crippen MR) is 75.9 cm³/mol. The molecule has 3 rings (SSSR count). The molecule has 0 saturated carbocycles. The monoisotopic (exact) mass is 346 g/mol. The van der Waals surface area contributed by atoms with E-state index in [4.69, 9.17) is 20.3 Å². The summed E-state index contributed by atoms with van der Waals surface area (Å²) in [5.74, 6) is 0. The summed E-state index contributed by atoms with van der Waals surface area (Å²) < 4.78 is 21.9. The number of nitrogens with zero attached hydrogens (tertiary/aromatic N) is 3. The third-order valence-electron chi connectivity index (χ3n) is 3.51. The average molecular weight is 346 g/mol. The van der Waals surface area contributed by atoms with Crippen molar-refractivity contribution < 1.29 is 33.8 Å². The molecule has 2 aromatic rings. The average Bonchev–Trinajstić information content (AvgIpc) is 3.01. The number of rotatable bonds is 4. The fraction of sp³-hybridized carbons (Fsp3) is 0.455. The Morgan fingerprint density at radius 2 is 2.09 bits per heavy atom. The van der Waals surface area contributed by atoms with E-state index in [9.17, 15) is 14.8 Å². The number of aromatic nitrogens is 3. The van der Waals surface area contributed by atoms with Crippen LogP contribution in [0.15, 0.2) is 18.6 Å². The van der Waals surface area contributed by atoms with Crippen LogP contribution in [0.5, 0.6) is 0 Å². The second kappa shape index (κ2) is 5.80. The molecule has 12 heteroatoms. The SMILES string of the molecule is Nc1ccnc2c1ncn2[C@@H]1O[C@H](COP(=O)(O)O)C(O)[C@@H]1O. The molecule has 2 aromatic heterocycles. The molecule has 1 unspecified atom stereocenters. The van der Waals surface area contributed by atoms with Gasteiger partial charge in [0.05, 0.1) is 18.6 Å². The summed E-state index contributed by atoms with van der Waals surface area (Å²) in [6, 6.07) is 1.57. The van der Waals surface area contributed by atoms with Gasteiger partial charge in [0.1, 0.15) is 23.8 Å². The Kier molecular flexibility index (Phi) is 4.10. The molecule has 1 aliphatic rings. The van der Waals surface area contributed by atoms with Gasteiger partial charge in [-0.05, 0) is 6.07 Å². The number of aliphatic hydroxyl groups is 2. The maximum absolute atomic E-state index is 10.7. The number of phosphoric acid groups is 1. The number of nitrogen functional groups attached to an aromatic ring is 1. The van der Waals surface area contributed by atoms with Crippen molar-refractivity contribution in [1.29, 1.82) is 0 Å². The van der Waals surface area contributed by atoms with Crippen molar-refractivity contribution in [2.24, 2.45) is 0 Å². The highest BCUT2D eigenvalue weighted by molar-refractivity contribution is 7.46. The molecule has 0 spiro atoms. The van der Waals surface area contributed by atoms with Gasteiger partial charge in [-0.2, -0.15) is 0 Å². The first-order chi connectivity index (χ1) is 10.8. The Balaban J connectivity index is 1.85. The number of phosphoric ester groups is 1. The summed E-state index contributed by atoms with van der Waals surface area (Å²) in [4.78, 5) is 25.6. The third-order valence-corrected chi connectivity index (χ3v) is 4.00. The molecule has 0 radical (unpaired) electrons. The zero-order valence-electron chi connectivity index (χ0n) is 11.6. The minimum Gasteiger partial charge on any atom is -0.397 e. The minimum absolute atomic E-state index is 0.345. The molecule has 126 valence electrons. The van der Waals surface area contributed by atoms with Gasteiger partial charge in [-0.25, -0.2) is 14.5 Å². The Bertz CT molecular complexity index is 762. The van der Waals surface area contributed by atoms with E-state index in [0.29, 0.717) is 16.9 Å². The normalized spacial score (nSPS) is 28.5. The van der Waals surface area contributed by atoms with Crippen molar-refractivity contribution in [3.8, 4) is 0 Å². The van der Waals surface area contributed by atoms with Crippen LogP contribution in [0.4, 0.5) is 5.69 Å². The molecule has 11 nitrogen and oxygen atoms in total. The van der Waals surface area contributed by atoms with Gasteiger partial charge in [-0.3, -0.25) is 9.09 Å². The summed E-state index contributed by atoms with van der Waals surface area (Å²) >= 11 is 0. The maximum atomic E-state index is 10.7. The minimum atomic E-state index is -4.71. The summed E-state index contributed by atoms with van der Waals surface area (Å²) in [7, 11) is -4.71. The van der Waals surface area contributed by atoms with Gasteiger partial charge >= 0.3 is 7.82 Å². The van der Waals surface area contributed by atoms with Gasteiger partial charge in [-0.1, -0.05) is 0 Å². The predicted octanol–water partition coefficient (Wildman–Crippen LogP) is -1.26. The number of hydrogen-bond acceptors (Lipinski definition) is 8. The summed E-state index contributed by atoms with van der Waals surface area (Å²) in [5.41, 5.74) is 6.92. The van der Waals surface area contributed by atoms with Crippen LogP contribution >= 0.6 is 7.82 Å². The van der Waals surface area contributed by atoms with Gasteiger partial charge in [0.2, 0.25) is 0 Å². The van der Waals surface area contributed by atoms with E-state index in [1.54, 1.807) is 6.07 Å². The third kappa shape index (κ3) is 3.08. The largest absolute Gasteiger partial charge is 0.469 e. The van der Waals surface area contributed by atoms with Gasteiger partial charge in [0, 0.05) is 6.20 Å². The smallest absolute Gasteiger partial charge is 0.397 e. The topological polar surface area (TPSA) is 173 Å². The summed E-state index contributed by atoms with van der Waals surface area (Å²) in [5, 5.41) is 20.1. The van der Waals surface area contributed by atoms with Crippen LogP contribution in [-0.2, 0) is 13.8 Å². The van der Waals surface area contributed by atoms with Crippen LogP contribution < -0.4 is 5.73 Å². The van der Waals surface area contributed by atoms with Crippen molar-refractivity contribution in [3.63, 3.8) is 0 Å². The van der Waals surface area contributed by atoms with Gasteiger partial charge in [0.25, 0.3) is 0 Å². The molecule has 3 heterocycles. The molecule has 1 saturated heterocycles. The van der Waals surface area contributed by atoms with E-state index in [1.165, 1.54) is 17.1 Å². The van der Waals surface area contributed by atoms with Gasteiger partial charge in [-0.15, -0.1) is 0 Å². The molecular weight excluding hydrogens is 331 g/mol. The zero-order valence-corrected chi connectivity index (χ0v) is 12.5. The van der Waals surface area contributed by atoms with E-state index in [0.717, 1.165) is 0 Å². The fourth-order valence-electron chi connectivity index (χ4n) is 2.41. The number of anilines is 1. The Morgan fingerprint density at radius 3 is 2.78 bits per heavy atom. The van der Waals surface area contributed by atoms with Crippen molar-refractivity contribution >= 4 is 24.7 Å². The number of pyridine rings is 1. The number of hydrogen-bond donors (Lipinski definition) is 5. The highest BCUT2D eigenvalue weighted by atomic mass is 31.2. The van der Waals surface area contributed by atoms with Gasteiger partial charge in [0.15, 0.2) is 11.9 Å².